The summed E-state index contributed by atoms with van der Waals surface area (Å²) in [7, 11) is 3.23. The van der Waals surface area contributed by atoms with Crippen LogP contribution in [0.5, 0.6) is 11.5 Å². The van der Waals surface area contributed by atoms with E-state index in [2.05, 4.69) is 21.2 Å². The first kappa shape index (κ1) is 16.8. The van der Waals surface area contributed by atoms with Crippen LogP contribution in [0.1, 0.15) is 17.2 Å². The van der Waals surface area contributed by atoms with Crippen molar-refractivity contribution in [3.05, 3.63) is 58.1 Å². The van der Waals surface area contributed by atoms with Gasteiger partial charge < -0.3 is 19.9 Å². The van der Waals surface area contributed by atoms with Gasteiger partial charge in [0.25, 0.3) is 0 Å². The summed E-state index contributed by atoms with van der Waals surface area (Å²) in [5.41, 5.74) is 1.86. The topological polar surface area (TPSA) is 50.7 Å². The molecule has 0 spiro atoms. The summed E-state index contributed by atoms with van der Waals surface area (Å²) in [5.74, 6) is 1.38. The fraction of sp³-hybridized carbons (Fsp3) is 0.294. The number of methoxy groups -OCH3 is 2. The Balaban J connectivity index is 2.01. The average Bonchev–Trinajstić information content (AvgIpc) is 2.55. The molecule has 1 atom stereocenters. The smallest absolute Gasteiger partial charge is 0.165 e. The van der Waals surface area contributed by atoms with Crippen molar-refractivity contribution in [1.82, 2.24) is 5.32 Å². The molecule has 0 saturated carbocycles. The van der Waals surface area contributed by atoms with Gasteiger partial charge in [-0.2, -0.15) is 0 Å². The Morgan fingerprint density at radius 3 is 2.50 bits per heavy atom. The van der Waals surface area contributed by atoms with Crippen molar-refractivity contribution < 1.29 is 14.6 Å². The van der Waals surface area contributed by atoms with E-state index in [9.17, 15) is 5.11 Å². The second-order valence-corrected chi connectivity index (χ2v) is 5.77. The summed E-state index contributed by atoms with van der Waals surface area (Å²) >= 11 is 3.46. The van der Waals surface area contributed by atoms with E-state index in [4.69, 9.17) is 9.47 Å². The minimum Gasteiger partial charge on any atom is -0.493 e. The van der Waals surface area contributed by atoms with Crippen molar-refractivity contribution in [2.75, 3.05) is 20.8 Å². The fourth-order valence-corrected chi connectivity index (χ4v) is 2.76. The quantitative estimate of drug-likeness (QED) is 0.790. The Morgan fingerprint density at radius 1 is 1.14 bits per heavy atom. The molecule has 0 aromatic heterocycles. The molecule has 5 heteroatoms. The molecule has 0 aliphatic carbocycles. The largest absolute Gasteiger partial charge is 0.493 e. The van der Waals surface area contributed by atoms with Gasteiger partial charge in [0.05, 0.1) is 20.3 Å². The molecule has 0 unspecified atom stereocenters. The standard InChI is InChI=1S/C17H20BrNO3/c1-21-16-9-14(18)8-13(17(16)22-2)10-19-11-15(20)12-6-4-3-5-7-12/h3-9,15,19-20H,10-11H2,1-2H3/t15-/m0/s1. The normalized spacial score (nSPS) is 12.0. The number of halogens is 1. The highest BCUT2D eigenvalue weighted by Crippen LogP contribution is 2.34. The minimum absolute atomic E-state index is 0.460. The van der Waals surface area contributed by atoms with E-state index < -0.39 is 6.10 Å². The van der Waals surface area contributed by atoms with Crippen LogP contribution in [0, 0.1) is 0 Å². The monoisotopic (exact) mass is 365 g/mol. The number of hydrogen-bond acceptors (Lipinski definition) is 4. The summed E-state index contributed by atoms with van der Waals surface area (Å²) in [5, 5.41) is 13.4. The number of hydrogen-bond donors (Lipinski definition) is 2. The minimum atomic E-state index is -0.541. The molecule has 0 amide bonds. The summed E-state index contributed by atoms with van der Waals surface area (Å²) in [6.07, 6.45) is -0.541. The number of rotatable bonds is 7. The van der Waals surface area contributed by atoms with E-state index in [1.54, 1.807) is 14.2 Å². The fourth-order valence-electron chi connectivity index (χ4n) is 2.27. The lowest BCUT2D eigenvalue weighted by molar-refractivity contribution is 0.174. The van der Waals surface area contributed by atoms with Crippen LogP contribution in [0.2, 0.25) is 0 Å². The summed E-state index contributed by atoms with van der Waals surface area (Å²) in [6.45, 7) is 1.03. The second-order valence-electron chi connectivity index (χ2n) is 4.86. The highest BCUT2D eigenvalue weighted by molar-refractivity contribution is 9.10. The van der Waals surface area contributed by atoms with Crippen LogP contribution in [0.4, 0.5) is 0 Å². The summed E-state index contributed by atoms with van der Waals surface area (Å²) in [4.78, 5) is 0. The van der Waals surface area contributed by atoms with E-state index in [1.165, 1.54) is 0 Å². The third-order valence-corrected chi connectivity index (χ3v) is 3.82. The van der Waals surface area contributed by atoms with Crippen molar-refractivity contribution in [3.63, 3.8) is 0 Å². The van der Waals surface area contributed by atoms with E-state index in [-0.39, 0.29) is 0 Å². The van der Waals surface area contributed by atoms with Gasteiger partial charge in [-0.3, -0.25) is 0 Å². The lowest BCUT2D eigenvalue weighted by atomic mass is 10.1. The van der Waals surface area contributed by atoms with Gasteiger partial charge in [-0.25, -0.2) is 0 Å². The lowest BCUT2D eigenvalue weighted by Crippen LogP contribution is -2.21. The predicted molar refractivity (Wildman–Crippen MR) is 90.4 cm³/mol. The van der Waals surface area contributed by atoms with Gasteiger partial charge in [-0.15, -0.1) is 0 Å². The average molecular weight is 366 g/mol. The third kappa shape index (κ3) is 4.22. The molecule has 0 fully saturated rings. The van der Waals surface area contributed by atoms with E-state index >= 15 is 0 Å². The first-order valence-corrected chi connectivity index (χ1v) is 7.79. The molecule has 2 aromatic rings. The van der Waals surface area contributed by atoms with Gasteiger partial charge >= 0.3 is 0 Å². The van der Waals surface area contributed by atoms with E-state index in [0.29, 0.717) is 24.6 Å². The maximum absolute atomic E-state index is 10.2. The Labute approximate surface area is 139 Å². The molecular weight excluding hydrogens is 346 g/mol. The predicted octanol–water partition coefficient (Wildman–Crippen LogP) is 3.29. The zero-order chi connectivity index (χ0) is 15.9. The van der Waals surface area contributed by atoms with Gasteiger partial charge in [0, 0.05) is 23.1 Å². The van der Waals surface area contributed by atoms with Crippen LogP contribution < -0.4 is 14.8 Å². The highest BCUT2D eigenvalue weighted by Gasteiger charge is 2.12. The first-order chi connectivity index (χ1) is 10.7. The molecule has 2 rings (SSSR count). The molecule has 0 heterocycles. The summed E-state index contributed by atoms with van der Waals surface area (Å²) < 4.78 is 11.7. The molecule has 22 heavy (non-hydrogen) atoms. The molecule has 0 aliphatic heterocycles. The van der Waals surface area contributed by atoms with Crippen molar-refractivity contribution in [3.8, 4) is 11.5 Å². The summed E-state index contributed by atoms with van der Waals surface area (Å²) in [6, 6.07) is 13.4. The van der Waals surface area contributed by atoms with Crippen LogP contribution in [-0.4, -0.2) is 25.9 Å². The molecule has 118 valence electrons. The first-order valence-electron chi connectivity index (χ1n) is 6.99. The third-order valence-electron chi connectivity index (χ3n) is 3.36. The molecule has 0 saturated heterocycles. The van der Waals surface area contributed by atoms with E-state index in [0.717, 1.165) is 15.6 Å². The number of nitrogens with one attached hydrogen (secondary N) is 1. The number of aliphatic hydroxyl groups is 1. The molecule has 2 N–H and O–H groups in total. The number of aliphatic hydroxyl groups excluding tert-OH is 1. The molecule has 0 aliphatic rings. The van der Waals surface area contributed by atoms with Crippen LogP contribution in [-0.2, 0) is 6.54 Å². The van der Waals surface area contributed by atoms with Crippen molar-refractivity contribution in [1.29, 1.82) is 0 Å². The Bertz CT molecular complexity index is 604. The zero-order valence-electron chi connectivity index (χ0n) is 12.7. The molecule has 0 bridgehead atoms. The van der Waals surface area contributed by atoms with Crippen LogP contribution in [0.15, 0.2) is 46.9 Å². The number of ether oxygens (including phenoxy) is 2. The number of benzene rings is 2. The Kier molecular flexibility index (Phi) is 6.24. The molecule has 2 aromatic carbocycles. The maximum Gasteiger partial charge on any atom is 0.165 e. The van der Waals surface area contributed by atoms with Gasteiger partial charge in [0.2, 0.25) is 0 Å². The molecular formula is C17H20BrNO3. The van der Waals surface area contributed by atoms with Crippen LogP contribution >= 0.6 is 15.9 Å². The van der Waals surface area contributed by atoms with Crippen LogP contribution in [0.3, 0.4) is 0 Å². The van der Waals surface area contributed by atoms with E-state index in [1.807, 2.05) is 42.5 Å². The van der Waals surface area contributed by atoms with Crippen molar-refractivity contribution in [2.45, 2.75) is 12.6 Å². The van der Waals surface area contributed by atoms with Gasteiger partial charge in [0.15, 0.2) is 11.5 Å². The Morgan fingerprint density at radius 2 is 1.86 bits per heavy atom. The van der Waals surface area contributed by atoms with Crippen LogP contribution in [0.25, 0.3) is 0 Å². The highest BCUT2D eigenvalue weighted by atomic mass is 79.9. The van der Waals surface area contributed by atoms with Crippen molar-refractivity contribution in [2.24, 2.45) is 0 Å². The Hall–Kier alpha value is -1.56. The zero-order valence-corrected chi connectivity index (χ0v) is 14.3. The lowest BCUT2D eigenvalue weighted by Gasteiger charge is -2.16. The van der Waals surface area contributed by atoms with Gasteiger partial charge in [-0.05, 0) is 17.7 Å². The molecule has 4 nitrogen and oxygen atoms in total. The van der Waals surface area contributed by atoms with Gasteiger partial charge in [0.1, 0.15) is 0 Å². The molecule has 0 radical (unpaired) electrons. The maximum atomic E-state index is 10.2. The van der Waals surface area contributed by atoms with Gasteiger partial charge in [-0.1, -0.05) is 46.3 Å². The second kappa shape index (κ2) is 8.17. The van der Waals surface area contributed by atoms with Crippen molar-refractivity contribution >= 4 is 15.9 Å². The SMILES string of the molecule is COc1cc(Br)cc(CNC[C@H](O)c2ccccc2)c1OC.